The first-order chi connectivity index (χ1) is 14.3. The number of fused-ring (bicyclic) bond motifs is 1. The highest BCUT2D eigenvalue weighted by molar-refractivity contribution is 6.30. The molecule has 3 aromatic heterocycles. The summed E-state index contributed by atoms with van der Waals surface area (Å²) >= 11 is 6.06. The minimum atomic E-state index is -1.48. The van der Waals surface area contributed by atoms with Gasteiger partial charge in [0.1, 0.15) is 12.2 Å². The molecule has 4 rings (SSSR count). The van der Waals surface area contributed by atoms with Gasteiger partial charge in [-0.05, 0) is 19.9 Å². The Morgan fingerprint density at radius 1 is 1.30 bits per heavy atom. The molecule has 1 aliphatic heterocycles. The second-order valence-electron chi connectivity index (χ2n) is 7.24. The van der Waals surface area contributed by atoms with Gasteiger partial charge in [-0.2, -0.15) is 0 Å². The lowest BCUT2D eigenvalue weighted by Crippen LogP contribution is -2.39. The average molecular weight is 434 g/mol. The summed E-state index contributed by atoms with van der Waals surface area (Å²) in [7, 11) is 0. The summed E-state index contributed by atoms with van der Waals surface area (Å²) in [6, 6.07) is 1.72. The summed E-state index contributed by atoms with van der Waals surface area (Å²) in [5.41, 5.74) is 6.58. The number of aromatic nitrogens is 5. The molecule has 5 N–H and O–H groups in total. The van der Waals surface area contributed by atoms with Crippen molar-refractivity contribution < 1.29 is 19.7 Å². The number of aliphatic hydroxyl groups excluding tert-OH is 2. The van der Waals surface area contributed by atoms with E-state index in [-0.39, 0.29) is 6.04 Å². The molecule has 30 heavy (non-hydrogen) atoms. The lowest BCUT2D eigenvalue weighted by molar-refractivity contribution is -0.134. The number of nitrogens with two attached hydrogens (primary N) is 1. The number of imidazole rings is 1. The molecule has 11 nitrogen and oxygen atoms in total. The van der Waals surface area contributed by atoms with Crippen LogP contribution in [0.15, 0.2) is 24.8 Å². The predicted molar refractivity (Wildman–Crippen MR) is 107 cm³/mol. The van der Waals surface area contributed by atoms with Crippen molar-refractivity contribution in [3.8, 4) is 11.4 Å². The topological polar surface area (TPSA) is 161 Å². The van der Waals surface area contributed by atoms with Gasteiger partial charge in [-0.1, -0.05) is 11.6 Å². The molecule has 12 heteroatoms. The van der Waals surface area contributed by atoms with Crippen molar-refractivity contribution in [3.63, 3.8) is 0 Å². The Kier molecular flexibility index (Phi) is 5.28. The molecule has 0 saturated carbocycles. The summed E-state index contributed by atoms with van der Waals surface area (Å²) in [6.07, 6.45) is -0.891. The second kappa shape index (κ2) is 7.76. The Bertz CT molecular complexity index is 1110. The number of amides is 1. The first-order valence-corrected chi connectivity index (χ1v) is 9.57. The van der Waals surface area contributed by atoms with Crippen LogP contribution in [0, 0.1) is 0 Å². The van der Waals surface area contributed by atoms with Gasteiger partial charge in [0.25, 0.3) is 0 Å². The second-order valence-corrected chi connectivity index (χ2v) is 7.68. The maximum Gasteiger partial charge on any atom is 0.249 e. The molecule has 0 aromatic carbocycles. The van der Waals surface area contributed by atoms with E-state index in [1.54, 1.807) is 12.3 Å². The van der Waals surface area contributed by atoms with Gasteiger partial charge in [0.15, 0.2) is 35.1 Å². The molecule has 1 amide bonds. The molecular weight excluding hydrogens is 414 g/mol. The molecule has 0 bridgehead atoms. The molecule has 4 atom stereocenters. The maximum atomic E-state index is 11.5. The minimum absolute atomic E-state index is 0.0490. The van der Waals surface area contributed by atoms with E-state index in [9.17, 15) is 15.0 Å². The van der Waals surface area contributed by atoms with Gasteiger partial charge in [-0.15, -0.1) is 0 Å². The number of anilines is 1. The highest BCUT2D eigenvalue weighted by Gasteiger charge is 2.47. The molecule has 3 aromatic rings. The van der Waals surface area contributed by atoms with E-state index in [2.05, 4.69) is 25.3 Å². The van der Waals surface area contributed by atoms with Crippen molar-refractivity contribution in [2.75, 3.05) is 5.32 Å². The number of carbonyl (C=O) groups is 1. The third kappa shape index (κ3) is 3.56. The molecule has 0 unspecified atom stereocenters. The van der Waals surface area contributed by atoms with E-state index < -0.39 is 30.4 Å². The van der Waals surface area contributed by atoms with Gasteiger partial charge in [0.05, 0.1) is 11.3 Å². The number of ether oxygens (including phenoxy) is 1. The lowest BCUT2D eigenvalue weighted by Gasteiger charge is -2.17. The smallest absolute Gasteiger partial charge is 0.249 e. The van der Waals surface area contributed by atoms with Crippen LogP contribution in [0.1, 0.15) is 20.1 Å². The highest BCUT2D eigenvalue weighted by atomic mass is 35.5. The van der Waals surface area contributed by atoms with Crippen molar-refractivity contribution >= 4 is 34.5 Å². The summed E-state index contributed by atoms with van der Waals surface area (Å²) < 4.78 is 6.95. The zero-order chi connectivity index (χ0) is 21.6. The Labute approximate surface area is 175 Å². The maximum absolute atomic E-state index is 11.5. The van der Waals surface area contributed by atoms with Gasteiger partial charge >= 0.3 is 0 Å². The molecular formula is C18H20ClN7O4. The van der Waals surface area contributed by atoms with Gasteiger partial charge in [-0.25, -0.2) is 15.0 Å². The van der Waals surface area contributed by atoms with Crippen LogP contribution in [-0.4, -0.2) is 65.0 Å². The molecule has 1 aliphatic rings. The Hall–Kier alpha value is -2.86. The van der Waals surface area contributed by atoms with Crippen molar-refractivity contribution in [3.05, 3.63) is 29.8 Å². The molecule has 1 fully saturated rings. The van der Waals surface area contributed by atoms with Crippen LogP contribution in [0.5, 0.6) is 0 Å². The molecule has 4 heterocycles. The van der Waals surface area contributed by atoms with E-state index in [4.69, 9.17) is 22.1 Å². The Balaban J connectivity index is 1.86. The minimum Gasteiger partial charge on any atom is -0.387 e. The Morgan fingerprint density at radius 2 is 2.07 bits per heavy atom. The molecule has 0 radical (unpaired) electrons. The summed E-state index contributed by atoms with van der Waals surface area (Å²) in [4.78, 5) is 29.0. The number of nitrogens with zero attached hydrogens (tertiary/aromatic N) is 5. The van der Waals surface area contributed by atoms with E-state index in [1.807, 2.05) is 13.8 Å². The number of hydrogen-bond donors (Lipinski definition) is 4. The van der Waals surface area contributed by atoms with E-state index in [1.165, 1.54) is 17.1 Å². The number of primary amides is 1. The zero-order valence-electron chi connectivity index (χ0n) is 16.1. The van der Waals surface area contributed by atoms with Crippen LogP contribution in [0.2, 0.25) is 5.02 Å². The van der Waals surface area contributed by atoms with E-state index in [0.717, 1.165) is 0 Å². The number of rotatable bonds is 5. The standard InChI is InChI=1S/C18H20ClN7O4/c1-7(2)23-16-10-17(25-15(24-16)8-3-9(19)5-21-4-8)26(6-22-10)18-12(28)11(27)13(30-18)14(20)29/h3-7,11-13,18,27-28H,1-2H3,(H2,20,29)(H,23,24,25)/t11-,12+,13-,18+/m0/s1. The van der Waals surface area contributed by atoms with Crippen molar-refractivity contribution in [2.24, 2.45) is 5.73 Å². The summed E-state index contributed by atoms with van der Waals surface area (Å²) in [6.45, 7) is 3.90. The third-order valence-electron chi connectivity index (χ3n) is 4.60. The van der Waals surface area contributed by atoms with Crippen LogP contribution in [-0.2, 0) is 9.53 Å². The van der Waals surface area contributed by atoms with Crippen molar-refractivity contribution in [1.29, 1.82) is 0 Å². The molecule has 1 saturated heterocycles. The monoisotopic (exact) mass is 433 g/mol. The third-order valence-corrected chi connectivity index (χ3v) is 4.81. The van der Waals surface area contributed by atoms with Crippen LogP contribution < -0.4 is 11.1 Å². The van der Waals surface area contributed by atoms with Gasteiger partial charge in [0.2, 0.25) is 5.91 Å². The van der Waals surface area contributed by atoms with Crippen molar-refractivity contribution in [2.45, 2.75) is 44.4 Å². The van der Waals surface area contributed by atoms with Gasteiger partial charge < -0.3 is 26.0 Å². The van der Waals surface area contributed by atoms with Crippen LogP contribution in [0.3, 0.4) is 0 Å². The van der Waals surface area contributed by atoms with Crippen LogP contribution in [0.4, 0.5) is 5.82 Å². The fourth-order valence-electron chi connectivity index (χ4n) is 3.26. The molecule has 158 valence electrons. The number of halogens is 1. The van der Waals surface area contributed by atoms with Gasteiger partial charge in [-0.3, -0.25) is 14.3 Å². The summed E-state index contributed by atoms with van der Waals surface area (Å²) in [5.74, 6) is -0.0963. The van der Waals surface area contributed by atoms with E-state index >= 15 is 0 Å². The van der Waals surface area contributed by atoms with Crippen LogP contribution >= 0.6 is 11.6 Å². The first-order valence-electron chi connectivity index (χ1n) is 9.19. The number of aliphatic hydroxyl groups is 2. The molecule has 0 spiro atoms. The predicted octanol–water partition coefficient (Wildman–Crippen LogP) is 0.466. The number of carbonyl (C=O) groups excluding carboxylic acids is 1. The largest absolute Gasteiger partial charge is 0.387 e. The number of pyridine rings is 1. The molecule has 0 aliphatic carbocycles. The Morgan fingerprint density at radius 3 is 2.70 bits per heavy atom. The number of hydrogen-bond acceptors (Lipinski definition) is 9. The fourth-order valence-corrected chi connectivity index (χ4v) is 3.44. The summed E-state index contributed by atoms with van der Waals surface area (Å²) in [5, 5.41) is 24.2. The first kappa shape index (κ1) is 20.4. The van der Waals surface area contributed by atoms with Gasteiger partial charge in [0, 0.05) is 24.0 Å². The lowest BCUT2D eigenvalue weighted by atomic mass is 10.1. The zero-order valence-corrected chi connectivity index (χ0v) is 16.9. The fraction of sp³-hybridized carbons (Fsp3) is 0.389. The number of nitrogens with one attached hydrogen (secondary N) is 1. The quantitative estimate of drug-likeness (QED) is 0.448. The SMILES string of the molecule is CC(C)Nc1nc(-c2cncc(Cl)c2)nc2c1ncn2[C@@H]1O[C@H](C(N)=O)[C@@H](O)[C@H]1O. The highest BCUT2D eigenvalue weighted by Crippen LogP contribution is 2.33. The van der Waals surface area contributed by atoms with Crippen LogP contribution in [0.25, 0.3) is 22.6 Å². The normalized spacial score (nSPS) is 23.9. The van der Waals surface area contributed by atoms with E-state index in [0.29, 0.717) is 33.4 Å². The van der Waals surface area contributed by atoms with Crippen molar-refractivity contribution in [1.82, 2.24) is 24.5 Å². The average Bonchev–Trinajstić information content (AvgIpc) is 3.23.